The van der Waals surface area contributed by atoms with Crippen molar-refractivity contribution in [1.29, 1.82) is 0 Å². The third kappa shape index (κ3) is 6.24. The Morgan fingerprint density at radius 1 is 1.15 bits per heavy atom. The number of nitrogens with one attached hydrogen (secondary N) is 2. The molecule has 2 amide bonds. The molecule has 2 aromatic rings. The third-order valence-corrected chi connectivity index (χ3v) is 3.51. The number of aromatic hydroxyl groups is 1. The molecule has 0 aliphatic carbocycles. The summed E-state index contributed by atoms with van der Waals surface area (Å²) in [5.74, 6) is -1.23. The SMILES string of the molecule is Cc1ccc(NC(=O)CCC(=O)N/N=C/c2ccc(O)c([N+](=O)[O-])c2)cc1. The van der Waals surface area contributed by atoms with Gasteiger partial charge in [0.1, 0.15) is 0 Å². The zero-order valence-electron chi connectivity index (χ0n) is 14.5. The van der Waals surface area contributed by atoms with E-state index in [1.54, 1.807) is 12.1 Å². The highest BCUT2D eigenvalue weighted by Gasteiger charge is 2.12. The number of anilines is 1. The highest BCUT2D eigenvalue weighted by atomic mass is 16.6. The van der Waals surface area contributed by atoms with Gasteiger partial charge in [0.15, 0.2) is 5.75 Å². The molecule has 0 aliphatic heterocycles. The van der Waals surface area contributed by atoms with Crippen molar-refractivity contribution in [3.8, 4) is 5.75 Å². The molecule has 9 nitrogen and oxygen atoms in total. The molecule has 140 valence electrons. The van der Waals surface area contributed by atoms with E-state index in [1.807, 2.05) is 19.1 Å². The van der Waals surface area contributed by atoms with E-state index in [0.717, 1.165) is 17.7 Å². The summed E-state index contributed by atoms with van der Waals surface area (Å²) in [6.45, 7) is 1.94. The van der Waals surface area contributed by atoms with Crippen molar-refractivity contribution in [3.63, 3.8) is 0 Å². The Bertz CT molecular complexity index is 878. The number of amides is 2. The molecule has 0 bridgehead atoms. The van der Waals surface area contributed by atoms with Gasteiger partial charge in [0.05, 0.1) is 11.1 Å². The molecule has 0 saturated carbocycles. The van der Waals surface area contributed by atoms with Crippen molar-refractivity contribution < 1.29 is 19.6 Å². The number of nitro groups is 1. The van der Waals surface area contributed by atoms with Gasteiger partial charge in [-0.2, -0.15) is 5.10 Å². The Morgan fingerprint density at radius 2 is 1.81 bits per heavy atom. The summed E-state index contributed by atoms with van der Waals surface area (Å²) in [6.07, 6.45) is 1.13. The maximum atomic E-state index is 11.8. The van der Waals surface area contributed by atoms with Crippen LogP contribution in [0, 0.1) is 17.0 Å². The molecule has 9 heteroatoms. The van der Waals surface area contributed by atoms with E-state index in [-0.39, 0.29) is 18.7 Å². The first-order chi connectivity index (χ1) is 12.8. The third-order valence-electron chi connectivity index (χ3n) is 3.51. The van der Waals surface area contributed by atoms with E-state index in [9.17, 15) is 24.8 Å². The minimum Gasteiger partial charge on any atom is -0.502 e. The fourth-order valence-corrected chi connectivity index (χ4v) is 2.09. The van der Waals surface area contributed by atoms with Crippen LogP contribution in [0.2, 0.25) is 0 Å². The van der Waals surface area contributed by atoms with Crippen LogP contribution < -0.4 is 10.7 Å². The monoisotopic (exact) mass is 370 g/mol. The number of aryl methyl sites for hydroxylation is 1. The van der Waals surface area contributed by atoms with Gasteiger partial charge in [0.25, 0.3) is 0 Å². The average Bonchev–Trinajstić information content (AvgIpc) is 2.63. The number of nitro benzene ring substituents is 1. The predicted molar refractivity (Wildman–Crippen MR) is 99.5 cm³/mol. The Morgan fingerprint density at radius 3 is 2.48 bits per heavy atom. The van der Waals surface area contributed by atoms with Gasteiger partial charge in [-0.15, -0.1) is 0 Å². The summed E-state index contributed by atoms with van der Waals surface area (Å²) in [7, 11) is 0. The number of nitrogens with zero attached hydrogens (tertiary/aromatic N) is 2. The van der Waals surface area contributed by atoms with Gasteiger partial charge < -0.3 is 10.4 Å². The van der Waals surface area contributed by atoms with E-state index >= 15 is 0 Å². The normalized spacial score (nSPS) is 10.6. The number of phenolic OH excluding ortho intramolecular Hbond substituents is 1. The molecule has 0 aromatic heterocycles. The van der Waals surface area contributed by atoms with Crippen molar-refractivity contribution in [2.75, 3.05) is 5.32 Å². The van der Waals surface area contributed by atoms with Crippen LogP contribution in [0.5, 0.6) is 5.75 Å². The number of benzene rings is 2. The van der Waals surface area contributed by atoms with Gasteiger partial charge in [0, 0.05) is 30.2 Å². The van der Waals surface area contributed by atoms with Crippen molar-refractivity contribution in [3.05, 3.63) is 63.7 Å². The lowest BCUT2D eigenvalue weighted by Crippen LogP contribution is -2.20. The van der Waals surface area contributed by atoms with Crippen molar-refractivity contribution in [1.82, 2.24) is 5.43 Å². The molecule has 0 heterocycles. The number of carbonyl (C=O) groups is 2. The van der Waals surface area contributed by atoms with Crippen LogP contribution in [0.4, 0.5) is 11.4 Å². The molecule has 0 unspecified atom stereocenters. The standard InChI is InChI=1S/C18H18N4O5/c1-12-2-5-14(6-3-12)20-17(24)8-9-18(25)21-19-11-13-4-7-16(23)15(10-13)22(26)27/h2-7,10-11,23H,8-9H2,1H3,(H,20,24)(H,21,25)/b19-11+. The lowest BCUT2D eigenvalue weighted by atomic mass is 10.2. The molecule has 0 radical (unpaired) electrons. The molecule has 0 fully saturated rings. The van der Waals surface area contributed by atoms with Gasteiger partial charge in [-0.3, -0.25) is 19.7 Å². The van der Waals surface area contributed by atoms with E-state index in [4.69, 9.17) is 0 Å². The minimum atomic E-state index is -0.724. The number of rotatable bonds is 7. The first kappa shape index (κ1) is 19.6. The molecule has 3 N–H and O–H groups in total. The molecule has 0 aliphatic rings. The van der Waals surface area contributed by atoms with Crippen LogP contribution in [-0.2, 0) is 9.59 Å². The largest absolute Gasteiger partial charge is 0.502 e. The fraction of sp³-hybridized carbons (Fsp3) is 0.167. The first-order valence-corrected chi connectivity index (χ1v) is 8.01. The Labute approximate surface area is 154 Å². The summed E-state index contributed by atoms with van der Waals surface area (Å²) in [4.78, 5) is 33.5. The summed E-state index contributed by atoms with van der Waals surface area (Å²) in [6, 6.07) is 11.0. The quantitative estimate of drug-likeness (QED) is 0.391. The number of hydrazone groups is 1. The maximum Gasteiger partial charge on any atom is 0.311 e. The molecule has 2 rings (SSSR count). The second-order valence-electron chi connectivity index (χ2n) is 5.71. The molecule has 0 spiro atoms. The van der Waals surface area contributed by atoms with Gasteiger partial charge >= 0.3 is 5.69 Å². The van der Waals surface area contributed by atoms with Crippen LogP contribution in [0.15, 0.2) is 47.6 Å². The second-order valence-corrected chi connectivity index (χ2v) is 5.71. The Kier molecular flexibility index (Phi) is 6.59. The van der Waals surface area contributed by atoms with Gasteiger partial charge in [-0.05, 0) is 31.2 Å². The number of hydrogen-bond donors (Lipinski definition) is 3. The van der Waals surface area contributed by atoms with Crippen LogP contribution in [0.1, 0.15) is 24.0 Å². The van der Waals surface area contributed by atoms with E-state index in [2.05, 4.69) is 15.8 Å². The minimum absolute atomic E-state index is 0.0140. The van der Waals surface area contributed by atoms with Gasteiger partial charge in [-0.1, -0.05) is 17.7 Å². The zero-order valence-corrected chi connectivity index (χ0v) is 14.5. The van der Waals surface area contributed by atoms with Crippen LogP contribution in [0.25, 0.3) is 0 Å². The maximum absolute atomic E-state index is 11.8. The summed E-state index contributed by atoms with van der Waals surface area (Å²) in [5.41, 5.74) is 3.83. The first-order valence-electron chi connectivity index (χ1n) is 8.01. The van der Waals surface area contributed by atoms with Crippen LogP contribution in [0.3, 0.4) is 0 Å². The lowest BCUT2D eigenvalue weighted by Gasteiger charge is -2.05. The molecular weight excluding hydrogens is 352 g/mol. The molecular formula is C18H18N4O5. The van der Waals surface area contributed by atoms with Gasteiger partial charge in [0.2, 0.25) is 11.8 Å². The molecule has 0 saturated heterocycles. The summed E-state index contributed by atoms with van der Waals surface area (Å²) in [5, 5.41) is 26.5. The Balaban J connectivity index is 1.79. The highest BCUT2D eigenvalue weighted by Crippen LogP contribution is 2.25. The van der Waals surface area contributed by atoms with E-state index in [0.29, 0.717) is 11.3 Å². The summed E-state index contributed by atoms with van der Waals surface area (Å²) < 4.78 is 0. The molecule has 0 atom stereocenters. The van der Waals surface area contributed by atoms with Crippen LogP contribution >= 0.6 is 0 Å². The molecule has 2 aromatic carbocycles. The number of phenols is 1. The number of hydrogen-bond acceptors (Lipinski definition) is 6. The van der Waals surface area contributed by atoms with Crippen molar-refractivity contribution in [2.45, 2.75) is 19.8 Å². The zero-order chi connectivity index (χ0) is 19.8. The van der Waals surface area contributed by atoms with Crippen LogP contribution in [-0.4, -0.2) is 28.1 Å². The van der Waals surface area contributed by atoms with Crippen molar-refractivity contribution in [2.24, 2.45) is 5.10 Å². The van der Waals surface area contributed by atoms with Crippen molar-refractivity contribution >= 4 is 29.4 Å². The summed E-state index contributed by atoms with van der Waals surface area (Å²) >= 11 is 0. The number of carbonyl (C=O) groups excluding carboxylic acids is 2. The molecule has 27 heavy (non-hydrogen) atoms. The Hall–Kier alpha value is -3.75. The van der Waals surface area contributed by atoms with E-state index < -0.39 is 22.3 Å². The predicted octanol–water partition coefficient (Wildman–Crippen LogP) is 2.48. The highest BCUT2D eigenvalue weighted by molar-refractivity contribution is 5.93. The smallest absolute Gasteiger partial charge is 0.311 e. The average molecular weight is 370 g/mol. The second kappa shape index (κ2) is 9.09. The fourth-order valence-electron chi connectivity index (χ4n) is 2.09. The van der Waals surface area contributed by atoms with Gasteiger partial charge in [-0.25, -0.2) is 5.43 Å². The lowest BCUT2D eigenvalue weighted by molar-refractivity contribution is -0.385. The topological polar surface area (TPSA) is 134 Å². The van der Waals surface area contributed by atoms with E-state index in [1.165, 1.54) is 12.3 Å².